The van der Waals surface area contributed by atoms with Crippen molar-refractivity contribution in [2.24, 2.45) is 5.73 Å². The zero-order chi connectivity index (χ0) is 16.9. The van der Waals surface area contributed by atoms with Crippen LogP contribution in [0, 0.1) is 0 Å². The number of nitrogens with zero attached hydrogens (tertiary/aromatic N) is 1. The smallest absolute Gasteiger partial charge is 0.410 e. The minimum absolute atomic E-state index is 0.183. The fourth-order valence-electron chi connectivity index (χ4n) is 2.55. The van der Waals surface area contributed by atoms with Crippen molar-refractivity contribution in [3.8, 4) is 0 Å². The van der Waals surface area contributed by atoms with Crippen LogP contribution in [0.25, 0.3) is 0 Å². The maximum Gasteiger partial charge on any atom is 0.410 e. The summed E-state index contributed by atoms with van der Waals surface area (Å²) in [4.78, 5) is 13.9. The zero-order valence-corrected chi connectivity index (χ0v) is 15.2. The molecule has 1 fully saturated rings. The van der Waals surface area contributed by atoms with Crippen molar-refractivity contribution < 1.29 is 9.53 Å². The molecule has 0 radical (unpaired) electrons. The summed E-state index contributed by atoms with van der Waals surface area (Å²) in [7, 11) is 0. The molecule has 0 atom stereocenters. The van der Waals surface area contributed by atoms with Crippen LogP contribution < -0.4 is 5.73 Å². The van der Waals surface area contributed by atoms with Gasteiger partial charge in [0.1, 0.15) is 5.60 Å². The van der Waals surface area contributed by atoms with Crippen LogP contribution in [0.4, 0.5) is 4.79 Å². The quantitative estimate of drug-likeness (QED) is 0.912. The minimum Gasteiger partial charge on any atom is -0.444 e. The second-order valence-electron chi connectivity index (χ2n) is 7.31. The van der Waals surface area contributed by atoms with Gasteiger partial charge in [0.2, 0.25) is 0 Å². The van der Waals surface area contributed by atoms with Crippen molar-refractivity contribution in [2.45, 2.75) is 50.5 Å². The number of piperidine rings is 1. The van der Waals surface area contributed by atoms with Gasteiger partial charge in [0.15, 0.2) is 0 Å². The third-order valence-corrected chi connectivity index (χ3v) is 5.23. The van der Waals surface area contributed by atoms with Crippen LogP contribution in [0.15, 0.2) is 30.3 Å². The summed E-state index contributed by atoms with van der Waals surface area (Å²) >= 11 is 1.87. The van der Waals surface area contributed by atoms with Crippen LogP contribution in [0.1, 0.15) is 39.2 Å². The molecule has 1 aromatic carbocycles. The molecule has 1 aliphatic rings. The topological polar surface area (TPSA) is 55.6 Å². The van der Waals surface area contributed by atoms with Crippen LogP contribution in [0.3, 0.4) is 0 Å². The first-order valence-electron chi connectivity index (χ1n) is 8.16. The zero-order valence-electron chi connectivity index (χ0n) is 14.4. The van der Waals surface area contributed by atoms with Crippen molar-refractivity contribution in [3.05, 3.63) is 35.9 Å². The van der Waals surface area contributed by atoms with E-state index in [1.54, 1.807) is 4.90 Å². The summed E-state index contributed by atoms with van der Waals surface area (Å²) in [6.07, 6.45) is 1.43. The molecule has 128 valence electrons. The SMILES string of the molecule is CC(C)(C)OC(=O)N1CCC(N)(CSCc2ccccc2)CC1. The molecular weight excluding hydrogens is 308 g/mol. The van der Waals surface area contributed by atoms with Crippen LogP contribution in [-0.2, 0) is 10.5 Å². The van der Waals surface area contributed by atoms with Gasteiger partial charge in [-0.25, -0.2) is 4.79 Å². The monoisotopic (exact) mass is 336 g/mol. The molecule has 1 amide bonds. The van der Waals surface area contributed by atoms with E-state index in [1.165, 1.54) is 5.56 Å². The van der Waals surface area contributed by atoms with Crippen LogP contribution >= 0.6 is 11.8 Å². The summed E-state index contributed by atoms with van der Waals surface area (Å²) in [6.45, 7) is 7.03. The summed E-state index contributed by atoms with van der Waals surface area (Å²) in [6, 6.07) is 10.4. The van der Waals surface area contributed by atoms with Gasteiger partial charge >= 0.3 is 6.09 Å². The van der Waals surface area contributed by atoms with Crippen LogP contribution in [-0.4, -0.2) is 41.0 Å². The first-order valence-corrected chi connectivity index (χ1v) is 9.31. The van der Waals surface area contributed by atoms with Gasteiger partial charge < -0.3 is 15.4 Å². The summed E-state index contributed by atoms with van der Waals surface area (Å²) < 4.78 is 5.43. The first kappa shape index (κ1) is 18.1. The Morgan fingerprint density at radius 3 is 2.43 bits per heavy atom. The van der Waals surface area contributed by atoms with Gasteiger partial charge in [-0.1, -0.05) is 30.3 Å². The Balaban J connectivity index is 1.75. The lowest BCUT2D eigenvalue weighted by molar-refractivity contribution is 0.0178. The lowest BCUT2D eigenvalue weighted by Crippen LogP contribution is -2.54. The molecule has 2 N–H and O–H groups in total. The molecular formula is C18H28N2O2S. The molecule has 0 bridgehead atoms. The number of amides is 1. The van der Waals surface area contributed by atoms with Gasteiger partial charge in [-0.2, -0.15) is 11.8 Å². The van der Waals surface area contributed by atoms with E-state index in [1.807, 2.05) is 38.6 Å². The highest BCUT2D eigenvalue weighted by Crippen LogP contribution is 2.26. The molecule has 0 saturated carbocycles. The minimum atomic E-state index is -0.445. The number of carbonyl (C=O) groups excluding carboxylic acids is 1. The lowest BCUT2D eigenvalue weighted by atomic mass is 9.91. The average Bonchev–Trinajstić information content (AvgIpc) is 2.47. The number of hydrogen-bond acceptors (Lipinski definition) is 4. The van der Waals surface area contributed by atoms with Gasteiger partial charge in [0.25, 0.3) is 0 Å². The van der Waals surface area contributed by atoms with E-state index in [9.17, 15) is 4.79 Å². The van der Waals surface area contributed by atoms with Crippen LogP contribution in [0.2, 0.25) is 0 Å². The summed E-state index contributed by atoms with van der Waals surface area (Å²) in [5.41, 5.74) is 7.21. The van der Waals surface area contributed by atoms with E-state index < -0.39 is 5.60 Å². The Morgan fingerprint density at radius 2 is 1.87 bits per heavy atom. The molecule has 23 heavy (non-hydrogen) atoms. The Hall–Kier alpha value is -1.20. The first-order chi connectivity index (χ1) is 10.8. The Bertz CT molecular complexity index is 506. The van der Waals surface area contributed by atoms with E-state index in [-0.39, 0.29) is 11.6 Å². The van der Waals surface area contributed by atoms with E-state index >= 15 is 0 Å². The van der Waals surface area contributed by atoms with E-state index in [2.05, 4.69) is 24.3 Å². The number of nitrogens with two attached hydrogens (primary N) is 1. The maximum atomic E-state index is 12.1. The third-order valence-electron chi connectivity index (χ3n) is 3.91. The number of benzene rings is 1. The average molecular weight is 337 g/mol. The standard InChI is InChI=1S/C18H28N2O2S/c1-17(2,3)22-16(21)20-11-9-18(19,10-12-20)14-23-13-15-7-5-4-6-8-15/h4-8H,9-14,19H2,1-3H3. The number of hydrogen-bond donors (Lipinski definition) is 1. The van der Waals surface area contributed by atoms with E-state index in [4.69, 9.17) is 10.5 Å². The summed E-state index contributed by atoms with van der Waals surface area (Å²) in [5, 5.41) is 0. The van der Waals surface area contributed by atoms with Crippen molar-refractivity contribution in [1.82, 2.24) is 4.90 Å². The van der Waals surface area contributed by atoms with Crippen LogP contribution in [0.5, 0.6) is 0 Å². The second-order valence-corrected chi connectivity index (χ2v) is 8.29. The molecule has 4 nitrogen and oxygen atoms in total. The lowest BCUT2D eigenvalue weighted by Gasteiger charge is -2.39. The number of thioether (sulfide) groups is 1. The molecule has 1 saturated heterocycles. The molecule has 5 heteroatoms. The van der Waals surface area contributed by atoms with Crippen molar-refractivity contribution in [2.75, 3.05) is 18.8 Å². The molecule has 0 aromatic heterocycles. The number of carbonyl (C=O) groups is 1. The molecule has 0 unspecified atom stereocenters. The highest BCUT2D eigenvalue weighted by Gasteiger charge is 2.33. The number of ether oxygens (including phenoxy) is 1. The summed E-state index contributed by atoms with van der Waals surface area (Å²) in [5.74, 6) is 1.90. The molecule has 0 aliphatic carbocycles. The predicted molar refractivity (Wildman–Crippen MR) is 96.6 cm³/mol. The predicted octanol–water partition coefficient (Wildman–Crippen LogP) is 3.65. The largest absolute Gasteiger partial charge is 0.444 e. The van der Waals surface area contributed by atoms with Crippen molar-refractivity contribution >= 4 is 17.9 Å². The molecule has 1 aliphatic heterocycles. The number of rotatable bonds is 4. The molecule has 0 spiro atoms. The second kappa shape index (κ2) is 7.58. The van der Waals surface area contributed by atoms with Crippen molar-refractivity contribution in [3.63, 3.8) is 0 Å². The highest BCUT2D eigenvalue weighted by molar-refractivity contribution is 7.98. The van der Waals surface area contributed by atoms with E-state index in [0.717, 1.165) is 24.3 Å². The molecule has 1 aromatic rings. The normalized spacial score (nSPS) is 17.8. The van der Waals surface area contributed by atoms with Gasteiger partial charge in [0, 0.05) is 30.1 Å². The maximum absolute atomic E-state index is 12.1. The molecule has 2 rings (SSSR count). The van der Waals surface area contributed by atoms with Gasteiger partial charge in [-0.15, -0.1) is 0 Å². The fraction of sp³-hybridized carbons (Fsp3) is 0.611. The molecule has 1 heterocycles. The van der Waals surface area contributed by atoms with E-state index in [0.29, 0.717) is 13.1 Å². The van der Waals surface area contributed by atoms with Crippen molar-refractivity contribution in [1.29, 1.82) is 0 Å². The Labute approximate surface area is 143 Å². The van der Waals surface area contributed by atoms with Gasteiger partial charge in [-0.3, -0.25) is 0 Å². The fourth-order valence-corrected chi connectivity index (χ4v) is 3.78. The Morgan fingerprint density at radius 1 is 1.26 bits per heavy atom. The van der Waals surface area contributed by atoms with Gasteiger partial charge in [0.05, 0.1) is 0 Å². The Kier molecular flexibility index (Phi) is 5.98. The van der Waals surface area contributed by atoms with Gasteiger partial charge in [-0.05, 0) is 39.2 Å². The number of likely N-dealkylation sites (tertiary alicyclic amines) is 1. The highest BCUT2D eigenvalue weighted by atomic mass is 32.2. The third kappa shape index (κ3) is 6.07.